The SMILES string of the molecule is Brc1ccc2scnc2c1.Cc1ccc2ncsc2c1. The molecule has 4 rings (SSSR count). The van der Waals surface area contributed by atoms with Gasteiger partial charge in [-0.05, 0) is 42.8 Å². The summed E-state index contributed by atoms with van der Waals surface area (Å²) in [5, 5.41) is 0. The number of halogens is 1. The summed E-state index contributed by atoms with van der Waals surface area (Å²) in [7, 11) is 0. The Morgan fingerprint density at radius 3 is 2.45 bits per heavy atom. The first-order chi connectivity index (χ1) is 9.72. The standard InChI is InChI=1S/C8H7NS.C7H4BrNS/c1-6-2-3-7-8(4-6)10-5-9-7;8-5-1-2-7-6(3-5)9-4-10-7/h2-5H,1H3;1-4H. The second kappa shape index (κ2) is 5.99. The summed E-state index contributed by atoms with van der Waals surface area (Å²) in [5.41, 5.74) is 7.22. The molecule has 2 aromatic heterocycles. The lowest BCUT2D eigenvalue weighted by atomic mass is 10.2. The fourth-order valence-electron chi connectivity index (χ4n) is 1.79. The molecule has 0 bridgehead atoms. The van der Waals surface area contributed by atoms with Gasteiger partial charge in [-0.15, -0.1) is 22.7 Å². The molecule has 0 saturated carbocycles. The topological polar surface area (TPSA) is 25.8 Å². The van der Waals surface area contributed by atoms with Crippen LogP contribution in [0, 0.1) is 6.92 Å². The van der Waals surface area contributed by atoms with Crippen molar-refractivity contribution in [1.82, 2.24) is 9.97 Å². The number of nitrogens with zero attached hydrogens (tertiary/aromatic N) is 2. The minimum absolute atomic E-state index is 1.07. The molecule has 0 N–H and O–H groups in total. The lowest BCUT2D eigenvalue weighted by Gasteiger charge is -1.88. The maximum Gasteiger partial charge on any atom is 0.0823 e. The van der Waals surface area contributed by atoms with Crippen molar-refractivity contribution in [3.8, 4) is 0 Å². The van der Waals surface area contributed by atoms with Gasteiger partial charge >= 0.3 is 0 Å². The molecule has 0 atom stereocenters. The average Bonchev–Trinajstić information content (AvgIpc) is 3.06. The molecule has 2 nitrogen and oxygen atoms in total. The first-order valence-electron chi connectivity index (χ1n) is 6.01. The second-order valence-electron chi connectivity index (χ2n) is 4.29. The quantitative estimate of drug-likeness (QED) is 0.403. The molecule has 0 aliphatic carbocycles. The minimum Gasteiger partial charge on any atom is -0.245 e. The number of hydrogen-bond acceptors (Lipinski definition) is 4. The predicted octanol–water partition coefficient (Wildman–Crippen LogP) is 5.66. The number of benzene rings is 2. The monoisotopic (exact) mass is 362 g/mol. The van der Waals surface area contributed by atoms with Gasteiger partial charge in [-0.1, -0.05) is 22.0 Å². The highest BCUT2D eigenvalue weighted by Gasteiger charge is 1.94. The molecule has 4 aromatic rings. The van der Waals surface area contributed by atoms with E-state index in [1.54, 1.807) is 22.7 Å². The highest BCUT2D eigenvalue weighted by atomic mass is 79.9. The number of hydrogen-bond donors (Lipinski definition) is 0. The van der Waals surface area contributed by atoms with E-state index in [4.69, 9.17) is 0 Å². The van der Waals surface area contributed by atoms with E-state index in [0.29, 0.717) is 0 Å². The summed E-state index contributed by atoms with van der Waals surface area (Å²) >= 11 is 6.74. The number of aryl methyl sites for hydroxylation is 1. The molecule has 2 heterocycles. The van der Waals surface area contributed by atoms with E-state index in [9.17, 15) is 0 Å². The third kappa shape index (κ3) is 3.06. The van der Waals surface area contributed by atoms with E-state index >= 15 is 0 Å². The number of thiazole rings is 2. The molecule has 0 aliphatic rings. The van der Waals surface area contributed by atoms with Crippen LogP contribution < -0.4 is 0 Å². The van der Waals surface area contributed by atoms with Crippen LogP contribution in [0.15, 0.2) is 51.9 Å². The molecular formula is C15H11BrN2S2. The fraction of sp³-hybridized carbons (Fsp3) is 0.0667. The van der Waals surface area contributed by atoms with Crippen LogP contribution in [-0.4, -0.2) is 9.97 Å². The molecule has 0 radical (unpaired) electrons. The summed E-state index contributed by atoms with van der Waals surface area (Å²) < 4.78 is 3.61. The van der Waals surface area contributed by atoms with Gasteiger partial charge in [0.15, 0.2) is 0 Å². The van der Waals surface area contributed by atoms with Gasteiger partial charge < -0.3 is 0 Å². The van der Waals surface area contributed by atoms with Gasteiger partial charge in [0.25, 0.3) is 0 Å². The Morgan fingerprint density at radius 1 is 0.850 bits per heavy atom. The van der Waals surface area contributed by atoms with Gasteiger partial charge in [0.05, 0.1) is 31.5 Å². The Hall–Kier alpha value is -1.30. The molecule has 0 spiro atoms. The van der Waals surface area contributed by atoms with E-state index in [1.807, 2.05) is 23.2 Å². The third-order valence-corrected chi connectivity index (χ3v) is 4.87. The summed E-state index contributed by atoms with van der Waals surface area (Å²) in [6.45, 7) is 2.10. The van der Waals surface area contributed by atoms with Gasteiger partial charge in [0.1, 0.15) is 0 Å². The smallest absolute Gasteiger partial charge is 0.0823 e. The molecule has 0 unspecified atom stereocenters. The van der Waals surface area contributed by atoms with Gasteiger partial charge in [-0.2, -0.15) is 0 Å². The third-order valence-electron chi connectivity index (χ3n) is 2.78. The Bertz CT molecular complexity index is 779. The van der Waals surface area contributed by atoms with Crippen LogP contribution in [-0.2, 0) is 0 Å². The average molecular weight is 363 g/mol. The van der Waals surface area contributed by atoms with Crippen molar-refractivity contribution in [3.05, 3.63) is 57.5 Å². The van der Waals surface area contributed by atoms with E-state index in [1.165, 1.54) is 15.0 Å². The largest absolute Gasteiger partial charge is 0.245 e. The van der Waals surface area contributed by atoms with Crippen molar-refractivity contribution in [1.29, 1.82) is 0 Å². The van der Waals surface area contributed by atoms with Crippen molar-refractivity contribution >= 4 is 59.0 Å². The van der Waals surface area contributed by atoms with E-state index in [-0.39, 0.29) is 0 Å². The first kappa shape index (κ1) is 13.7. The normalized spacial score (nSPS) is 10.5. The molecule has 5 heteroatoms. The zero-order valence-electron chi connectivity index (χ0n) is 10.7. The maximum atomic E-state index is 4.18. The van der Waals surface area contributed by atoms with Crippen LogP contribution in [0.3, 0.4) is 0 Å². The molecule has 0 amide bonds. The minimum atomic E-state index is 1.07. The van der Waals surface area contributed by atoms with Crippen molar-refractivity contribution in [2.75, 3.05) is 0 Å². The zero-order valence-corrected chi connectivity index (χ0v) is 13.9. The van der Waals surface area contributed by atoms with Crippen LogP contribution in [0.2, 0.25) is 0 Å². The Labute approximate surface area is 133 Å². The highest BCUT2D eigenvalue weighted by Crippen LogP contribution is 2.21. The summed E-state index contributed by atoms with van der Waals surface area (Å²) in [4.78, 5) is 8.35. The van der Waals surface area contributed by atoms with E-state index < -0.39 is 0 Å². The predicted molar refractivity (Wildman–Crippen MR) is 91.7 cm³/mol. The Balaban J connectivity index is 0.000000121. The molecule has 2 aromatic carbocycles. The van der Waals surface area contributed by atoms with Gasteiger partial charge in [0, 0.05) is 4.47 Å². The second-order valence-corrected chi connectivity index (χ2v) is 6.98. The molecular weight excluding hydrogens is 352 g/mol. The van der Waals surface area contributed by atoms with Crippen molar-refractivity contribution in [3.63, 3.8) is 0 Å². The van der Waals surface area contributed by atoms with Crippen molar-refractivity contribution < 1.29 is 0 Å². The summed E-state index contributed by atoms with van der Waals surface area (Å²) in [6, 6.07) is 12.4. The molecule has 100 valence electrons. The van der Waals surface area contributed by atoms with Crippen LogP contribution in [0.25, 0.3) is 20.4 Å². The zero-order chi connectivity index (χ0) is 13.9. The van der Waals surface area contributed by atoms with Gasteiger partial charge in [-0.25, -0.2) is 9.97 Å². The Morgan fingerprint density at radius 2 is 1.60 bits per heavy atom. The highest BCUT2D eigenvalue weighted by molar-refractivity contribution is 9.10. The van der Waals surface area contributed by atoms with Gasteiger partial charge in [0.2, 0.25) is 0 Å². The molecule has 0 aliphatic heterocycles. The number of fused-ring (bicyclic) bond motifs is 2. The number of rotatable bonds is 0. The first-order valence-corrected chi connectivity index (χ1v) is 8.56. The van der Waals surface area contributed by atoms with Crippen LogP contribution in [0.5, 0.6) is 0 Å². The van der Waals surface area contributed by atoms with Crippen molar-refractivity contribution in [2.45, 2.75) is 6.92 Å². The van der Waals surface area contributed by atoms with E-state index in [0.717, 1.165) is 15.5 Å². The lowest BCUT2D eigenvalue weighted by molar-refractivity contribution is 1.46. The summed E-state index contributed by atoms with van der Waals surface area (Å²) in [6.07, 6.45) is 0. The molecule has 20 heavy (non-hydrogen) atoms. The molecule has 0 fully saturated rings. The lowest BCUT2D eigenvalue weighted by Crippen LogP contribution is -1.69. The maximum absolute atomic E-state index is 4.18. The van der Waals surface area contributed by atoms with E-state index in [2.05, 4.69) is 57.1 Å². The Kier molecular flexibility index (Phi) is 4.10. The number of aromatic nitrogens is 2. The van der Waals surface area contributed by atoms with Crippen molar-refractivity contribution in [2.24, 2.45) is 0 Å². The fourth-order valence-corrected chi connectivity index (χ4v) is 3.58. The molecule has 0 saturated heterocycles. The van der Waals surface area contributed by atoms with Gasteiger partial charge in [-0.3, -0.25) is 0 Å². The van der Waals surface area contributed by atoms with Crippen LogP contribution in [0.4, 0.5) is 0 Å². The summed E-state index contributed by atoms with van der Waals surface area (Å²) in [5.74, 6) is 0. The van der Waals surface area contributed by atoms with Crippen LogP contribution >= 0.6 is 38.6 Å². The van der Waals surface area contributed by atoms with Crippen LogP contribution in [0.1, 0.15) is 5.56 Å².